The van der Waals surface area contributed by atoms with E-state index in [1.807, 2.05) is 60.7 Å². The number of piperidine rings is 1. The molecule has 4 aliphatic rings. The van der Waals surface area contributed by atoms with Gasteiger partial charge in [-0.05, 0) is 0 Å². The van der Waals surface area contributed by atoms with E-state index in [-0.39, 0.29) is 6.61 Å². The Bertz CT molecular complexity index is 1070. The minimum atomic E-state index is -1.42. The molecule has 4 aliphatic heterocycles. The second kappa shape index (κ2) is 8.44. The van der Waals surface area contributed by atoms with E-state index < -0.39 is 67.1 Å². The molecule has 6 rings (SSSR count). The van der Waals surface area contributed by atoms with Crippen molar-refractivity contribution >= 4 is 11.9 Å². The first-order chi connectivity index (χ1) is 16.5. The average molecular weight is 467 g/mol. The Hall–Kier alpha value is -2.82. The molecule has 9 atom stereocenters. The van der Waals surface area contributed by atoms with Crippen LogP contribution in [0.15, 0.2) is 60.7 Å². The summed E-state index contributed by atoms with van der Waals surface area (Å²) in [4.78, 5) is 26.8. The number of carbonyl (C=O) groups excluding carboxylic acids is 2. The van der Waals surface area contributed by atoms with Crippen LogP contribution in [0.1, 0.15) is 30.6 Å². The van der Waals surface area contributed by atoms with Gasteiger partial charge in [0.15, 0.2) is 24.8 Å². The Balaban J connectivity index is 1.37. The first-order valence-electron chi connectivity index (χ1n) is 11.4. The number of aliphatic hydroxyl groups is 1. The van der Waals surface area contributed by atoms with Crippen molar-refractivity contribution in [2.75, 3.05) is 6.61 Å². The van der Waals surface area contributed by atoms with Crippen molar-refractivity contribution in [1.82, 2.24) is 4.90 Å². The molecule has 0 aliphatic carbocycles. The predicted molar refractivity (Wildman–Crippen MR) is 115 cm³/mol. The lowest BCUT2D eigenvalue weighted by Crippen LogP contribution is -2.65. The number of benzene rings is 2. The molecule has 2 aromatic carbocycles. The van der Waals surface area contributed by atoms with E-state index >= 15 is 0 Å². The van der Waals surface area contributed by atoms with Crippen LogP contribution >= 0.6 is 0 Å². The van der Waals surface area contributed by atoms with Gasteiger partial charge in [-0.25, -0.2) is 0 Å². The van der Waals surface area contributed by atoms with Crippen LogP contribution < -0.4 is 0 Å². The van der Waals surface area contributed by atoms with Gasteiger partial charge >= 0.3 is 5.97 Å². The van der Waals surface area contributed by atoms with Gasteiger partial charge in [-0.2, -0.15) is 0 Å². The van der Waals surface area contributed by atoms with Gasteiger partial charge in [-0.1, -0.05) is 60.7 Å². The fourth-order valence-electron chi connectivity index (χ4n) is 5.49. The Morgan fingerprint density at radius 2 is 1.50 bits per heavy atom. The Labute approximate surface area is 196 Å². The number of aliphatic hydroxyl groups excluding tert-OH is 1. The van der Waals surface area contributed by atoms with E-state index in [2.05, 4.69) is 0 Å². The van der Waals surface area contributed by atoms with Crippen molar-refractivity contribution in [3.05, 3.63) is 71.8 Å². The summed E-state index contributed by atoms with van der Waals surface area (Å²) >= 11 is 0. The van der Waals surface area contributed by atoms with Gasteiger partial charge in [-0.15, -0.1) is 0 Å². The molecule has 4 heterocycles. The highest BCUT2D eigenvalue weighted by Gasteiger charge is 2.66. The zero-order chi connectivity index (χ0) is 23.4. The third-order valence-corrected chi connectivity index (χ3v) is 6.90. The number of hydrogen-bond acceptors (Lipinski definition) is 8. The molecule has 0 radical (unpaired) electrons. The van der Waals surface area contributed by atoms with E-state index in [1.165, 1.54) is 11.8 Å². The normalized spacial score (nSPS) is 38.7. The van der Waals surface area contributed by atoms with Crippen molar-refractivity contribution in [2.24, 2.45) is 0 Å². The molecule has 4 saturated heterocycles. The maximum atomic E-state index is 13.3. The molecule has 0 saturated carbocycles. The van der Waals surface area contributed by atoms with E-state index in [0.29, 0.717) is 0 Å². The summed E-state index contributed by atoms with van der Waals surface area (Å²) in [7, 11) is 0. The lowest BCUT2D eigenvalue weighted by atomic mass is 9.92. The van der Waals surface area contributed by atoms with E-state index in [9.17, 15) is 14.7 Å². The standard InChI is InChI=1S/C25H25NO8/c1-13(27)31-19-16-12-30-24(14-8-4-2-5-9-14)32-20(19)17-21-22(18(28)23(29)26(16)17)34-25(33-21)15-10-6-3-7-11-15/h2-11,16-22,24-25,28H,12H2,1H3/t16-,17-,18+,19-,20-,21-,22+,24?,25?/m0/s1. The van der Waals surface area contributed by atoms with Gasteiger partial charge < -0.3 is 33.7 Å². The molecule has 1 amide bonds. The third-order valence-electron chi connectivity index (χ3n) is 6.90. The number of hydrogen-bond donors (Lipinski definition) is 1. The number of amides is 1. The molecule has 9 heteroatoms. The number of nitrogens with zero attached hydrogens (tertiary/aromatic N) is 1. The van der Waals surface area contributed by atoms with Crippen molar-refractivity contribution in [1.29, 1.82) is 0 Å². The molecular weight excluding hydrogens is 442 g/mol. The fraction of sp³-hybridized carbons (Fsp3) is 0.440. The smallest absolute Gasteiger partial charge is 0.303 e. The average Bonchev–Trinajstić information content (AvgIpc) is 3.34. The molecule has 9 nitrogen and oxygen atoms in total. The molecule has 1 N–H and O–H groups in total. The van der Waals surface area contributed by atoms with Crippen molar-refractivity contribution in [3.8, 4) is 0 Å². The second-order valence-corrected chi connectivity index (χ2v) is 8.94. The molecular formula is C25H25NO8. The van der Waals surface area contributed by atoms with E-state index in [4.69, 9.17) is 23.7 Å². The number of fused-ring (bicyclic) bond motifs is 7. The fourth-order valence-corrected chi connectivity index (χ4v) is 5.49. The highest BCUT2D eigenvalue weighted by atomic mass is 16.7. The van der Waals surface area contributed by atoms with Crippen LogP contribution in [0, 0.1) is 0 Å². The van der Waals surface area contributed by atoms with Crippen LogP contribution in [0.4, 0.5) is 0 Å². The monoisotopic (exact) mass is 467 g/mol. The summed E-state index contributed by atoms with van der Waals surface area (Å²) in [6.07, 6.45) is -5.93. The summed E-state index contributed by atoms with van der Waals surface area (Å²) in [6, 6.07) is 17.5. The molecule has 178 valence electrons. The van der Waals surface area contributed by atoms with E-state index in [1.54, 1.807) is 0 Å². The topological polar surface area (TPSA) is 104 Å². The largest absolute Gasteiger partial charge is 0.457 e. The summed E-state index contributed by atoms with van der Waals surface area (Å²) in [5, 5.41) is 10.9. The SMILES string of the molecule is CC(=O)O[C@@H]1[C@H]2OC(c3ccccc3)OC[C@@H]1N1C(=O)[C@H](O)[C@H]3OC(c4ccccc4)O[C@H]3[C@H]21. The summed E-state index contributed by atoms with van der Waals surface area (Å²) in [5.41, 5.74) is 1.59. The first kappa shape index (κ1) is 21.7. The highest BCUT2D eigenvalue weighted by Crippen LogP contribution is 2.47. The molecule has 0 spiro atoms. The van der Waals surface area contributed by atoms with Crippen molar-refractivity contribution in [3.63, 3.8) is 0 Å². The Kier molecular flexibility index (Phi) is 5.39. The van der Waals surface area contributed by atoms with Crippen LogP contribution in [0.25, 0.3) is 0 Å². The van der Waals surface area contributed by atoms with Gasteiger partial charge in [0.25, 0.3) is 5.91 Å². The number of rotatable bonds is 3. The van der Waals surface area contributed by atoms with Crippen LogP contribution in [0.2, 0.25) is 0 Å². The van der Waals surface area contributed by atoms with Crippen LogP contribution in [0.5, 0.6) is 0 Å². The van der Waals surface area contributed by atoms with Gasteiger partial charge in [-0.3, -0.25) is 9.59 Å². The Morgan fingerprint density at radius 1 is 0.912 bits per heavy atom. The maximum Gasteiger partial charge on any atom is 0.303 e. The minimum absolute atomic E-state index is 0.0727. The van der Waals surface area contributed by atoms with Gasteiger partial charge in [0.1, 0.15) is 18.3 Å². The lowest BCUT2D eigenvalue weighted by Gasteiger charge is -2.43. The molecule has 34 heavy (non-hydrogen) atoms. The molecule has 2 bridgehead atoms. The molecule has 0 aromatic heterocycles. The van der Waals surface area contributed by atoms with Gasteiger partial charge in [0.2, 0.25) is 0 Å². The van der Waals surface area contributed by atoms with Gasteiger partial charge in [0.05, 0.1) is 18.7 Å². The summed E-state index contributed by atoms with van der Waals surface area (Å²) in [5.74, 6) is -1.00. The van der Waals surface area contributed by atoms with E-state index in [0.717, 1.165) is 11.1 Å². The molecule has 2 unspecified atom stereocenters. The molecule has 4 fully saturated rings. The number of carbonyl (C=O) groups is 2. The maximum absolute atomic E-state index is 13.3. The zero-order valence-electron chi connectivity index (χ0n) is 18.4. The zero-order valence-corrected chi connectivity index (χ0v) is 18.4. The third kappa shape index (κ3) is 3.43. The minimum Gasteiger partial charge on any atom is -0.457 e. The second-order valence-electron chi connectivity index (χ2n) is 8.94. The Morgan fingerprint density at radius 3 is 2.15 bits per heavy atom. The summed E-state index contributed by atoms with van der Waals surface area (Å²) in [6.45, 7) is 1.39. The summed E-state index contributed by atoms with van der Waals surface area (Å²) < 4.78 is 30.4. The van der Waals surface area contributed by atoms with Crippen molar-refractivity contribution < 1.29 is 38.4 Å². The van der Waals surface area contributed by atoms with Crippen LogP contribution in [-0.2, 0) is 33.3 Å². The molecule has 2 aromatic rings. The van der Waals surface area contributed by atoms with Crippen molar-refractivity contribution in [2.45, 2.75) is 62.1 Å². The van der Waals surface area contributed by atoms with Gasteiger partial charge in [0, 0.05) is 18.1 Å². The number of esters is 1. The number of ether oxygens (including phenoxy) is 5. The van der Waals surface area contributed by atoms with Crippen LogP contribution in [-0.4, -0.2) is 71.1 Å². The lowest BCUT2D eigenvalue weighted by molar-refractivity contribution is -0.213. The quantitative estimate of drug-likeness (QED) is 0.677. The first-order valence-corrected chi connectivity index (χ1v) is 11.4. The highest BCUT2D eigenvalue weighted by molar-refractivity contribution is 5.84. The van der Waals surface area contributed by atoms with Crippen LogP contribution in [0.3, 0.4) is 0 Å². The predicted octanol–water partition coefficient (Wildman–Crippen LogP) is 1.47.